The lowest BCUT2D eigenvalue weighted by Crippen LogP contribution is -2.34. The second-order valence-corrected chi connectivity index (χ2v) is 4.96. The Balaban J connectivity index is 2.28. The van der Waals surface area contributed by atoms with Gasteiger partial charge in [-0.2, -0.15) is 5.26 Å². The van der Waals surface area contributed by atoms with Crippen molar-refractivity contribution < 1.29 is 4.79 Å². The van der Waals surface area contributed by atoms with Gasteiger partial charge >= 0.3 is 0 Å². The molecule has 0 unspecified atom stereocenters. The average molecular weight is 261 g/mol. The zero-order valence-corrected chi connectivity index (χ0v) is 10.2. The van der Waals surface area contributed by atoms with Crippen LogP contribution in [0, 0.1) is 11.3 Å². The van der Waals surface area contributed by atoms with Crippen LogP contribution in [-0.2, 0) is 4.79 Å². The molecule has 0 spiro atoms. The van der Waals surface area contributed by atoms with Crippen molar-refractivity contribution in [3.63, 3.8) is 0 Å². The summed E-state index contributed by atoms with van der Waals surface area (Å²) in [6.07, 6.45) is 1.70. The van der Waals surface area contributed by atoms with E-state index in [0.29, 0.717) is 14.8 Å². The summed E-state index contributed by atoms with van der Waals surface area (Å²) in [4.78, 5) is 12.1. The standard InChI is InChI=1S/C11H7N3OS2/c12-6-8-3-1-7(2-4-8)5-9-10(15)14(13)11(16)17-9/h1-5H,13H2/b9-5-. The van der Waals surface area contributed by atoms with E-state index in [9.17, 15) is 4.79 Å². The fourth-order valence-electron chi connectivity index (χ4n) is 1.28. The predicted octanol–water partition coefficient (Wildman–Crippen LogP) is 1.63. The first-order valence-corrected chi connectivity index (χ1v) is 5.87. The first kappa shape index (κ1) is 11.8. The molecule has 0 aliphatic carbocycles. The van der Waals surface area contributed by atoms with Crippen LogP contribution in [0.5, 0.6) is 0 Å². The Hall–Kier alpha value is -1.68. The highest BCUT2D eigenvalue weighted by Crippen LogP contribution is 2.30. The third-order valence-corrected chi connectivity index (χ3v) is 3.49. The van der Waals surface area contributed by atoms with Crippen molar-refractivity contribution in [2.45, 2.75) is 0 Å². The summed E-state index contributed by atoms with van der Waals surface area (Å²) in [5.74, 6) is 5.15. The molecule has 6 heteroatoms. The number of hydrogen-bond donors (Lipinski definition) is 1. The van der Waals surface area contributed by atoms with E-state index in [-0.39, 0.29) is 5.91 Å². The van der Waals surface area contributed by atoms with Gasteiger partial charge in [-0.25, -0.2) is 10.9 Å². The van der Waals surface area contributed by atoms with Gasteiger partial charge in [0.25, 0.3) is 5.91 Å². The van der Waals surface area contributed by atoms with Crippen molar-refractivity contribution in [2.75, 3.05) is 0 Å². The van der Waals surface area contributed by atoms with Gasteiger partial charge in [-0.15, -0.1) is 0 Å². The Kier molecular flexibility index (Phi) is 3.24. The Morgan fingerprint density at radius 2 is 2.06 bits per heavy atom. The quantitative estimate of drug-likeness (QED) is 0.360. The number of benzene rings is 1. The number of hydrazine groups is 1. The van der Waals surface area contributed by atoms with Gasteiger partial charge in [-0.1, -0.05) is 36.1 Å². The van der Waals surface area contributed by atoms with Gasteiger partial charge < -0.3 is 0 Å². The van der Waals surface area contributed by atoms with Gasteiger partial charge in [0.1, 0.15) is 0 Å². The van der Waals surface area contributed by atoms with Crippen LogP contribution in [0.2, 0.25) is 0 Å². The molecular formula is C11H7N3OS2. The van der Waals surface area contributed by atoms with Crippen LogP contribution in [0.25, 0.3) is 6.08 Å². The van der Waals surface area contributed by atoms with Gasteiger partial charge in [-0.05, 0) is 23.8 Å². The highest BCUT2D eigenvalue weighted by atomic mass is 32.2. The van der Waals surface area contributed by atoms with Crippen LogP contribution < -0.4 is 5.84 Å². The van der Waals surface area contributed by atoms with E-state index in [0.717, 1.165) is 10.6 Å². The minimum absolute atomic E-state index is 0.302. The largest absolute Gasteiger partial charge is 0.280 e. The number of rotatable bonds is 1. The molecule has 0 aromatic heterocycles. The van der Waals surface area contributed by atoms with E-state index in [4.69, 9.17) is 23.3 Å². The third kappa shape index (κ3) is 2.36. The zero-order chi connectivity index (χ0) is 12.4. The number of carbonyl (C=O) groups is 1. The molecule has 1 aromatic rings. The lowest BCUT2D eigenvalue weighted by atomic mass is 10.1. The zero-order valence-electron chi connectivity index (χ0n) is 8.58. The number of nitriles is 1. The molecule has 1 aromatic carbocycles. The molecule has 4 nitrogen and oxygen atoms in total. The van der Waals surface area contributed by atoms with Crippen molar-refractivity contribution in [1.82, 2.24) is 5.01 Å². The molecule has 0 bridgehead atoms. The number of thiocarbonyl (C=S) groups is 1. The molecule has 0 radical (unpaired) electrons. The van der Waals surface area contributed by atoms with Crippen LogP contribution in [0.15, 0.2) is 29.2 Å². The molecule has 0 saturated carbocycles. The summed E-state index contributed by atoms with van der Waals surface area (Å²) >= 11 is 6.08. The van der Waals surface area contributed by atoms with Crippen molar-refractivity contribution in [1.29, 1.82) is 5.26 Å². The van der Waals surface area contributed by atoms with Gasteiger partial charge in [0.15, 0.2) is 4.32 Å². The second kappa shape index (κ2) is 4.67. The number of nitrogens with zero attached hydrogens (tertiary/aromatic N) is 2. The van der Waals surface area contributed by atoms with E-state index in [1.807, 2.05) is 6.07 Å². The van der Waals surface area contributed by atoms with Gasteiger partial charge in [-0.3, -0.25) is 4.79 Å². The van der Waals surface area contributed by atoms with E-state index in [1.54, 1.807) is 30.3 Å². The first-order valence-electron chi connectivity index (χ1n) is 4.64. The fourth-order valence-corrected chi connectivity index (χ4v) is 2.39. The molecule has 2 rings (SSSR count). The molecule has 1 fully saturated rings. The van der Waals surface area contributed by atoms with Crippen LogP contribution in [-0.4, -0.2) is 15.2 Å². The van der Waals surface area contributed by atoms with E-state index in [2.05, 4.69) is 0 Å². The maximum atomic E-state index is 11.6. The summed E-state index contributed by atoms with van der Waals surface area (Å²) in [7, 11) is 0. The highest BCUT2D eigenvalue weighted by molar-refractivity contribution is 8.26. The number of hydrogen-bond acceptors (Lipinski definition) is 5. The maximum Gasteiger partial charge on any atom is 0.280 e. The summed E-state index contributed by atoms with van der Waals surface area (Å²) in [6.45, 7) is 0. The minimum atomic E-state index is -0.302. The number of carbonyl (C=O) groups excluding carboxylic acids is 1. The second-order valence-electron chi connectivity index (χ2n) is 3.29. The van der Waals surface area contributed by atoms with Crippen LogP contribution >= 0.6 is 24.0 Å². The lowest BCUT2D eigenvalue weighted by Gasteiger charge is -2.02. The van der Waals surface area contributed by atoms with Crippen molar-refractivity contribution in [2.24, 2.45) is 5.84 Å². The molecular weight excluding hydrogens is 254 g/mol. The Morgan fingerprint density at radius 1 is 1.41 bits per heavy atom. The molecule has 1 saturated heterocycles. The Bertz CT molecular complexity index is 557. The van der Waals surface area contributed by atoms with Crippen LogP contribution in [0.3, 0.4) is 0 Å². The monoisotopic (exact) mass is 261 g/mol. The molecule has 1 amide bonds. The van der Waals surface area contributed by atoms with E-state index < -0.39 is 0 Å². The summed E-state index contributed by atoms with van der Waals surface area (Å²) in [5.41, 5.74) is 1.41. The summed E-state index contributed by atoms with van der Waals surface area (Å²) in [5, 5.41) is 9.61. The molecule has 1 heterocycles. The third-order valence-electron chi connectivity index (χ3n) is 2.16. The Labute approximate surface area is 108 Å². The lowest BCUT2D eigenvalue weighted by molar-refractivity contribution is -0.122. The maximum absolute atomic E-state index is 11.6. The smallest absolute Gasteiger partial charge is 0.267 e. The topological polar surface area (TPSA) is 70.1 Å². The highest BCUT2D eigenvalue weighted by Gasteiger charge is 2.29. The molecule has 17 heavy (non-hydrogen) atoms. The molecule has 1 aliphatic heterocycles. The van der Waals surface area contributed by atoms with Gasteiger partial charge in [0.2, 0.25) is 0 Å². The van der Waals surface area contributed by atoms with E-state index >= 15 is 0 Å². The van der Waals surface area contributed by atoms with E-state index in [1.165, 1.54) is 11.8 Å². The fraction of sp³-hybridized carbons (Fsp3) is 0. The molecule has 0 atom stereocenters. The van der Waals surface area contributed by atoms with Gasteiger partial charge in [0, 0.05) is 0 Å². The van der Waals surface area contributed by atoms with Crippen molar-refractivity contribution in [3.8, 4) is 6.07 Å². The van der Waals surface area contributed by atoms with Gasteiger partial charge in [0.05, 0.1) is 16.5 Å². The number of amides is 1. The van der Waals surface area contributed by atoms with Crippen LogP contribution in [0.1, 0.15) is 11.1 Å². The molecule has 1 aliphatic rings. The van der Waals surface area contributed by atoms with Crippen LogP contribution in [0.4, 0.5) is 0 Å². The number of nitrogens with two attached hydrogens (primary N) is 1. The average Bonchev–Trinajstić information content (AvgIpc) is 2.58. The minimum Gasteiger partial charge on any atom is -0.267 e. The first-order chi connectivity index (χ1) is 8.11. The SMILES string of the molecule is N#Cc1ccc(/C=C2\SC(=S)N(N)C2=O)cc1. The molecule has 2 N–H and O–H groups in total. The summed E-state index contributed by atoms with van der Waals surface area (Å²) in [6, 6.07) is 8.94. The van der Waals surface area contributed by atoms with Crippen molar-refractivity contribution >= 4 is 40.3 Å². The van der Waals surface area contributed by atoms with Crippen molar-refractivity contribution in [3.05, 3.63) is 40.3 Å². The number of thioether (sulfide) groups is 1. The normalized spacial score (nSPS) is 17.6. The summed E-state index contributed by atoms with van der Waals surface area (Å²) < 4.78 is 0.342. The predicted molar refractivity (Wildman–Crippen MR) is 70.4 cm³/mol. The molecule has 84 valence electrons. The Morgan fingerprint density at radius 3 is 2.53 bits per heavy atom.